The Morgan fingerprint density at radius 1 is 1.40 bits per heavy atom. The predicted molar refractivity (Wildman–Crippen MR) is 95.3 cm³/mol. The average molecular weight is 346 g/mol. The lowest BCUT2D eigenvalue weighted by Gasteiger charge is -2.33. The summed E-state index contributed by atoms with van der Waals surface area (Å²) in [5.41, 5.74) is 0.285. The molecule has 1 saturated heterocycles. The molecule has 0 aliphatic carbocycles. The summed E-state index contributed by atoms with van der Waals surface area (Å²) < 4.78 is 2.87. The van der Waals surface area contributed by atoms with Crippen LogP contribution in [0, 0.1) is 0 Å². The van der Waals surface area contributed by atoms with Gasteiger partial charge in [0.05, 0.1) is 6.20 Å². The van der Waals surface area contributed by atoms with Crippen molar-refractivity contribution in [3.8, 4) is 0 Å². The summed E-state index contributed by atoms with van der Waals surface area (Å²) in [6, 6.07) is 0.639. The Hall–Kier alpha value is -2.22. The van der Waals surface area contributed by atoms with Crippen molar-refractivity contribution in [3.63, 3.8) is 0 Å². The Morgan fingerprint density at radius 2 is 2.24 bits per heavy atom. The van der Waals surface area contributed by atoms with Gasteiger partial charge in [-0.1, -0.05) is 6.42 Å². The SMILES string of the molecule is CC1CCCCN1CCCNC(=O)Cn1cnc2c(cnn2C)c1=O. The first-order chi connectivity index (χ1) is 12.1. The van der Waals surface area contributed by atoms with Crippen LogP contribution in [0.4, 0.5) is 0 Å². The van der Waals surface area contributed by atoms with E-state index in [1.165, 1.54) is 36.4 Å². The number of nitrogens with zero attached hydrogens (tertiary/aromatic N) is 5. The summed E-state index contributed by atoms with van der Waals surface area (Å²) >= 11 is 0. The first-order valence-corrected chi connectivity index (χ1v) is 8.94. The second-order valence-electron chi connectivity index (χ2n) is 6.77. The number of piperidine rings is 1. The van der Waals surface area contributed by atoms with E-state index < -0.39 is 0 Å². The van der Waals surface area contributed by atoms with Gasteiger partial charge < -0.3 is 10.2 Å². The molecule has 136 valence electrons. The van der Waals surface area contributed by atoms with Crippen LogP contribution in [0.1, 0.15) is 32.6 Å². The molecule has 0 bridgehead atoms. The topological polar surface area (TPSA) is 85.1 Å². The number of likely N-dealkylation sites (tertiary alicyclic amines) is 1. The van der Waals surface area contributed by atoms with Crippen molar-refractivity contribution in [2.45, 2.75) is 45.2 Å². The Labute approximate surface area is 146 Å². The lowest BCUT2D eigenvalue weighted by atomic mass is 10.0. The van der Waals surface area contributed by atoms with Crippen LogP contribution in [0.15, 0.2) is 17.3 Å². The Balaban J connectivity index is 1.48. The number of hydrogen-bond acceptors (Lipinski definition) is 5. The zero-order valence-corrected chi connectivity index (χ0v) is 14.9. The fourth-order valence-corrected chi connectivity index (χ4v) is 3.39. The van der Waals surface area contributed by atoms with E-state index in [-0.39, 0.29) is 18.0 Å². The molecule has 1 aliphatic heterocycles. The van der Waals surface area contributed by atoms with Gasteiger partial charge in [-0.3, -0.25) is 18.8 Å². The van der Waals surface area contributed by atoms with Gasteiger partial charge in [-0.05, 0) is 32.7 Å². The molecule has 1 amide bonds. The number of rotatable bonds is 6. The number of aromatic nitrogens is 4. The first-order valence-electron chi connectivity index (χ1n) is 8.94. The molecule has 0 spiro atoms. The van der Waals surface area contributed by atoms with Gasteiger partial charge in [-0.15, -0.1) is 0 Å². The summed E-state index contributed by atoms with van der Waals surface area (Å²) in [7, 11) is 1.73. The number of carbonyl (C=O) groups is 1. The minimum atomic E-state index is -0.240. The molecule has 2 aromatic heterocycles. The maximum absolute atomic E-state index is 12.3. The molecule has 1 unspecified atom stereocenters. The van der Waals surface area contributed by atoms with E-state index in [1.54, 1.807) is 11.7 Å². The van der Waals surface area contributed by atoms with Crippen LogP contribution in [0.3, 0.4) is 0 Å². The number of fused-ring (bicyclic) bond motifs is 1. The summed E-state index contributed by atoms with van der Waals surface area (Å²) in [6.45, 7) is 5.04. The highest BCUT2D eigenvalue weighted by atomic mass is 16.2. The zero-order chi connectivity index (χ0) is 17.8. The Bertz CT molecular complexity index is 796. The van der Waals surface area contributed by atoms with E-state index >= 15 is 0 Å². The molecular weight excluding hydrogens is 320 g/mol. The highest BCUT2D eigenvalue weighted by Gasteiger charge is 2.17. The summed E-state index contributed by atoms with van der Waals surface area (Å²) in [6.07, 6.45) is 7.66. The van der Waals surface area contributed by atoms with Gasteiger partial charge in [0.1, 0.15) is 18.3 Å². The van der Waals surface area contributed by atoms with Crippen molar-refractivity contribution < 1.29 is 4.79 Å². The van der Waals surface area contributed by atoms with E-state index in [9.17, 15) is 9.59 Å². The van der Waals surface area contributed by atoms with Crippen LogP contribution in [-0.2, 0) is 18.4 Å². The zero-order valence-electron chi connectivity index (χ0n) is 14.9. The maximum Gasteiger partial charge on any atom is 0.264 e. The van der Waals surface area contributed by atoms with Gasteiger partial charge in [-0.2, -0.15) is 5.10 Å². The van der Waals surface area contributed by atoms with Gasteiger partial charge in [-0.25, -0.2) is 4.98 Å². The summed E-state index contributed by atoms with van der Waals surface area (Å²) in [5, 5.41) is 7.34. The smallest absolute Gasteiger partial charge is 0.264 e. The van der Waals surface area contributed by atoms with Crippen molar-refractivity contribution in [1.82, 2.24) is 29.5 Å². The molecule has 1 fully saturated rings. The van der Waals surface area contributed by atoms with E-state index in [0.717, 1.165) is 19.5 Å². The minimum Gasteiger partial charge on any atom is -0.354 e. The predicted octanol–water partition coefficient (Wildman–Crippen LogP) is 0.511. The second-order valence-corrected chi connectivity index (χ2v) is 6.77. The molecule has 0 radical (unpaired) electrons. The number of carbonyl (C=O) groups excluding carboxylic acids is 1. The monoisotopic (exact) mass is 346 g/mol. The average Bonchev–Trinajstić information content (AvgIpc) is 2.97. The molecule has 3 rings (SSSR count). The molecule has 1 N–H and O–H groups in total. The third-order valence-electron chi connectivity index (χ3n) is 4.92. The van der Waals surface area contributed by atoms with Crippen molar-refractivity contribution in [2.75, 3.05) is 19.6 Å². The second kappa shape index (κ2) is 7.77. The quantitative estimate of drug-likeness (QED) is 0.771. The van der Waals surface area contributed by atoms with Gasteiger partial charge in [0.15, 0.2) is 5.65 Å². The van der Waals surface area contributed by atoms with Crippen LogP contribution < -0.4 is 10.9 Å². The molecule has 0 saturated carbocycles. The van der Waals surface area contributed by atoms with Gasteiger partial charge in [0.25, 0.3) is 5.56 Å². The Kier molecular flexibility index (Phi) is 5.47. The number of amides is 1. The van der Waals surface area contributed by atoms with Gasteiger partial charge >= 0.3 is 0 Å². The molecular formula is C17H26N6O2. The molecule has 3 heterocycles. The molecule has 8 nitrogen and oxygen atoms in total. The number of nitrogens with one attached hydrogen (secondary N) is 1. The van der Waals surface area contributed by atoms with Crippen LogP contribution in [0.25, 0.3) is 11.0 Å². The fourth-order valence-electron chi connectivity index (χ4n) is 3.39. The molecule has 0 aromatic carbocycles. The van der Waals surface area contributed by atoms with Crippen molar-refractivity contribution in [2.24, 2.45) is 7.05 Å². The highest BCUT2D eigenvalue weighted by Crippen LogP contribution is 2.16. The van der Waals surface area contributed by atoms with Crippen LogP contribution >= 0.6 is 0 Å². The lowest BCUT2D eigenvalue weighted by molar-refractivity contribution is -0.121. The Morgan fingerprint density at radius 3 is 3.04 bits per heavy atom. The molecule has 8 heteroatoms. The largest absolute Gasteiger partial charge is 0.354 e. The molecule has 1 aliphatic rings. The highest BCUT2D eigenvalue weighted by molar-refractivity contribution is 5.77. The van der Waals surface area contributed by atoms with E-state index in [2.05, 4.69) is 27.2 Å². The third kappa shape index (κ3) is 4.07. The minimum absolute atomic E-state index is 0.0171. The summed E-state index contributed by atoms with van der Waals surface area (Å²) in [5.74, 6) is -0.168. The first kappa shape index (κ1) is 17.6. The van der Waals surface area contributed by atoms with Crippen LogP contribution in [-0.4, -0.2) is 55.8 Å². The van der Waals surface area contributed by atoms with Gasteiger partial charge in [0, 0.05) is 26.2 Å². The molecule has 2 aromatic rings. The normalized spacial score (nSPS) is 18.6. The molecule has 25 heavy (non-hydrogen) atoms. The van der Waals surface area contributed by atoms with Crippen LogP contribution in [0.2, 0.25) is 0 Å². The van der Waals surface area contributed by atoms with E-state index in [4.69, 9.17) is 0 Å². The number of aryl methyl sites for hydroxylation is 1. The fraction of sp³-hybridized carbons (Fsp3) is 0.647. The summed E-state index contributed by atoms with van der Waals surface area (Å²) in [4.78, 5) is 31.1. The van der Waals surface area contributed by atoms with Crippen LogP contribution in [0.5, 0.6) is 0 Å². The van der Waals surface area contributed by atoms with Crippen molar-refractivity contribution >= 4 is 16.9 Å². The van der Waals surface area contributed by atoms with Crippen molar-refractivity contribution in [1.29, 1.82) is 0 Å². The van der Waals surface area contributed by atoms with E-state index in [1.807, 2.05) is 0 Å². The lowest BCUT2D eigenvalue weighted by Crippen LogP contribution is -2.39. The van der Waals surface area contributed by atoms with Crippen molar-refractivity contribution in [3.05, 3.63) is 22.9 Å². The number of hydrogen-bond donors (Lipinski definition) is 1. The maximum atomic E-state index is 12.3. The third-order valence-corrected chi connectivity index (χ3v) is 4.92. The van der Waals surface area contributed by atoms with Gasteiger partial charge in [0.2, 0.25) is 5.91 Å². The standard InChI is InChI=1S/C17H26N6O2/c1-13-6-3-4-8-22(13)9-5-7-18-15(24)11-23-12-19-16-14(17(23)25)10-20-21(16)2/h10,12-13H,3-9,11H2,1-2H3,(H,18,24). The molecule has 1 atom stereocenters. The van der Waals surface area contributed by atoms with E-state index in [0.29, 0.717) is 23.6 Å².